The summed E-state index contributed by atoms with van der Waals surface area (Å²) >= 11 is 0. The largest absolute Gasteiger partial charge is 0.382 e. The molecule has 64 valence electrons. The second kappa shape index (κ2) is 3.25. The normalized spacial score (nSPS) is 10.9. The van der Waals surface area contributed by atoms with Gasteiger partial charge in [0.2, 0.25) is 0 Å². The highest BCUT2D eigenvalue weighted by molar-refractivity contribution is 5.68. The number of rotatable bonds is 1. The Bertz CT molecular complexity index is 298. The van der Waals surface area contributed by atoms with Gasteiger partial charge < -0.3 is 5.73 Å². The Morgan fingerprint density at radius 1 is 1.50 bits per heavy atom. The van der Waals surface area contributed by atoms with Crippen LogP contribution in [0.5, 0.6) is 0 Å². The van der Waals surface area contributed by atoms with E-state index in [0.29, 0.717) is 11.4 Å². The minimum Gasteiger partial charge on any atom is -0.382 e. The lowest BCUT2D eigenvalue weighted by Gasteiger charge is -2.01. The van der Waals surface area contributed by atoms with Gasteiger partial charge in [0.05, 0.1) is 5.69 Å². The summed E-state index contributed by atoms with van der Waals surface area (Å²) in [6.07, 6.45) is 0.736. The van der Waals surface area contributed by atoms with Gasteiger partial charge in [0.15, 0.2) is 5.82 Å². The molecule has 4 nitrogen and oxygen atoms in total. The summed E-state index contributed by atoms with van der Waals surface area (Å²) in [5, 5.41) is 0. The zero-order chi connectivity index (χ0) is 9.14. The van der Waals surface area contributed by atoms with Crippen molar-refractivity contribution in [3.05, 3.63) is 11.8 Å². The van der Waals surface area contributed by atoms with Crippen LogP contribution in [0.15, 0.2) is 4.99 Å². The quantitative estimate of drug-likeness (QED) is 0.506. The van der Waals surface area contributed by atoms with E-state index in [9.17, 15) is 4.39 Å². The molecule has 0 bridgehead atoms. The lowest BCUT2D eigenvalue weighted by atomic mass is 10.3. The third-order valence-electron chi connectivity index (χ3n) is 1.32. The first-order valence-corrected chi connectivity index (χ1v) is 3.43. The SMILES string of the molecule is C/C=N\c1c(C)nc(F)nc1N. The number of halogens is 1. The van der Waals surface area contributed by atoms with Crippen molar-refractivity contribution in [2.75, 3.05) is 5.73 Å². The molecule has 0 saturated heterocycles. The van der Waals surface area contributed by atoms with Gasteiger partial charge in [-0.25, -0.2) is 4.98 Å². The lowest BCUT2D eigenvalue weighted by molar-refractivity contribution is 0.537. The van der Waals surface area contributed by atoms with Gasteiger partial charge >= 0.3 is 6.08 Å². The predicted molar refractivity (Wildman–Crippen MR) is 45.0 cm³/mol. The smallest absolute Gasteiger partial charge is 0.310 e. The van der Waals surface area contributed by atoms with Gasteiger partial charge in [-0.2, -0.15) is 9.37 Å². The van der Waals surface area contributed by atoms with E-state index in [2.05, 4.69) is 15.0 Å². The van der Waals surface area contributed by atoms with Crippen molar-refractivity contribution in [2.45, 2.75) is 13.8 Å². The van der Waals surface area contributed by atoms with Gasteiger partial charge in [-0.3, -0.25) is 4.99 Å². The first-order valence-electron chi connectivity index (χ1n) is 3.43. The molecular formula is C7H9FN4. The molecule has 0 saturated carbocycles. The van der Waals surface area contributed by atoms with E-state index in [4.69, 9.17) is 5.73 Å². The number of nitrogens with zero attached hydrogens (tertiary/aromatic N) is 3. The summed E-state index contributed by atoms with van der Waals surface area (Å²) in [6.45, 7) is 3.37. The molecule has 1 aromatic heterocycles. The van der Waals surface area contributed by atoms with Crippen molar-refractivity contribution in [2.24, 2.45) is 4.99 Å². The van der Waals surface area contributed by atoms with Crippen LogP contribution in [0.3, 0.4) is 0 Å². The zero-order valence-corrected chi connectivity index (χ0v) is 6.87. The maximum Gasteiger partial charge on any atom is 0.310 e. The van der Waals surface area contributed by atoms with Crippen molar-refractivity contribution in [1.29, 1.82) is 0 Å². The molecule has 1 rings (SSSR count). The molecule has 0 unspecified atom stereocenters. The number of nitrogen functional groups attached to an aromatic ring is 1. The van der Waals surface area contributed by atoms with Crippen LogP contribution in [-0.4, -0.2) is 16.2 Å². The number of aliphatic imine (C=N–C) groups is 1. The van der Waals surface area contributed by atoms with Gasteiger partial charge in [0, 0.05) is 6.21 Å². The maximum atomic E-state index is 12.5. The monoisotopic (exact) mass is 168 g/mol. The van der Waals surface area contributed by atoms with Gasteiger partial charge in [-0.1, -0.05) is 0 Å². The first-order chi connectivity index (χ1) is 5.65. The molecule has 0 aliphatic rings. The molecule has 1 heterocycles. The Balaban J connectivity index is 3.28. The van der Waals surface area contributed by atoms with E-state index in [1.54, 1.807) is 20.1 Å². The summed E-state index contributed by atoms with van der Waals surface area (Å²) in [6, 6.07) is 0. The third kappa shape index (κ3) is 1.55. The number of anilines is 1. The minimum absolute atomic E-state index is 0.0677. The summed E-state index contributed by atoms with van der Waals surface area (Å²) in [7, 11) is 0. The second-order valence-corrected chi connectivity index (χ2v) is 2.20. The van der Waals surface area contributed by atoms with E-state index in [1.165, 1.54) is 0 Å². The number of hydrogen-bond donors (Lipinski definition) is 1. The lowest BCUT2D eigenvalue weighted by Crippen LogP contribution is -1.99. The fourth-order valence-corrected chi connectivity index (χ4v) is 0.843. The zero-order valence-electron chi connectivity index (χ0n) is 6.87. The summed E-state index contributed by atoms with van der Waals surface area (Å²) in [5.74, 6) is 0.0677. The number of hydrogen-bond acceptors (Lipinski definition) is 4. The Morgan fingerprint density at radius 3 is 2.67 bits per heavy atom. The molecule has 0 aliphatic carbocycles. The second-order valence-electron chi connectivity index (χ2n) is 2.20. The van der Waals surface area contributed by atoms with Crippen LogP contribution >= 0.6 is 0 Å². The third-order valence-corrected chi connectivity index (χ3v) is 1.32. The van der Waals surface area contributed by atoms with Crippen LogP contribution < -0.4 is 5.73 Å². The van der Waals surface area contributed by atoms with Crippen LogP contribution in [0, 0.1) is 13.0 Å². The average Bonchev–Trinajstić information content (AvgIpc) is 1.96. The van der Waals surface area contributed by atoms with E-state index in [-0.39, 0.29) is 5.82 Å². The van der Waals surface area contributed by atoms with Crippen molar-refractivity contribution in [3.8, 4) is 0 Å². The van der Waals surface area contributed by atoms with Crippen molar-refractivity contribution >= 4 is 17.7 Å². The Morgan fingerprint density at radius 2 is 2.17 bits per heavy atom. The maximum absolute atomic E-state index is 12.5. The van der Waals surface area contributed by atoms with Crippen molar-refractivity contribution < 1.29 is 4.39 Å². The first kappa shape index (κ1) is 8.58. The van der Waals surface area contributed by atoms with E-state index in [1.807, 2.05) is 0 Å². The van der Waals surface area contributed by atoms with Gasteiger partial charge in [0.1, 0.15) is 5.69 Å². The highest BCUT2D eigenvalue weighted by Crippen LogP contribution is 2.21. The van der Waals surface area contributed by atoms with Crippen LogP contribution in [0.2, 0.25) is 0 Å². The van der Waals surface area contributed by atoms with Crippen molar-refractivity contribution in [3.63, 3.8) is 0 Å². The molecule has 0 aliphatic heterocycles. The molecule has 12 heavy (non-hydrogen) atoms. The van der Waals surface area contributed by atoms with Crippen LogP contribution in [-0.2, 0) is 0 Å². The summed E-state index contributed by atoms with van der Waals surface area (Å²) < 4.78 is 12.5. The molecule has 0 atom stereocenters. The van der Waals surface area contributed by atoms with Gasteiger partial charge in [0.25, 0.3) is 0 Å². The van der Waals surface area contributed by atoms with Crippen molar-refractivity contribution in [1.82, 2.24) is 9.97 Å². The number of aryl methyl sites for hydroxylation is 1. The van der Waals surface area contributed by atoms with Gasteiger partial charge in [-0.05, 0) is 13.8 Å². The molecule has 0 spiro atoms. The van der Waals surface area contributed by atoms with Crippen LogP contribution in [0.1, 0.15) is 12.6 Å². The fourth-order valence-electron chi connectivity index (χ4n) is 0.843. The summed E-state index contributed by atoms with van der Waals surface area (Å²) in [5.41, 5.74) is 6.28. The average molecular weight is 168 g/mol. The Labute approximate surface area is 69.4 Å². The Hall–Kier alpha value is -1.52. The van der Waals surface area contributed by atoms with Crippen LogP contribution in [0.4, 0.5) is 15.9 Å². The molecule has 0 fully saturated rings. The fraction of sp³-hybridized carbons (Fsp3) is 0.286. The standard InChI is InChI=1S/C7H9FN4/c1-3-10-5-4(2)11-7(8)12-6(5)9/h3H,1-2H3,(H2,9,11,12)/b10-3-. The summed E-state index contributed by atoms with van der Waals surface area (Å²) in [4.78, 5) is 10.7. The number of aromatic nitrogens is 2. The molecule has 2 N–H and O–H groups in total. The molecule has 0 amide bonds. The topological polar surface area (TPSA) is 64.2 Å². The predicted octanol–water partition coefficient (Wildman–Crippen LogP) is 1.23. The molecular weight excluding hydrogens is 159 g/mol. The van der Waals surface area contributed by atoms with Gasteiger partial charge in [-0.15, -0.1) is 0 Å². The molecule has 0 radical (unpaired) electrons. The molecule has 5 heteroatoms. The number of nitrogens with two attached hydrogens (primary N) is 1. The van der Waals surface area contributed by atoms with Crippen LogP contribution in [0.25, 0.3) is 0 Å². The minimum atomic E-state index is -0.819. The highest BCUT2D eigenvalue weighted by atomic mass is 19.1. The highest BCUT2D eigenvalue weighted by Gasteiger charge is 2.06. The molecule has 1 aromatic rings. The van der Waals surface area contributed by atoms with E-state index < -0.39 is 6.08 Å². The molecule has 0 aromatic carbocycles. The van der Waals surface area contributed by atoms with E-state index >= 15 is 0 Å². The van der Waals surface area contributed by atoms with E-state index in [0.717, 1.165) is 0 Å². The Kier molecular flexibility index (Phi) is 2.32.